The fourth-order valence-corrected chi connectivity index (χ4v) is 2.60. The number of fused-ring (bicyclic) bond motifs is 1. The third-order valence-corrected chi connectivity index (χ3v) is 3.61. The number of carbonyl (C=O) groups is 2. The van der Waals surface area contributed by atoms with Crippen LogP contribution in [0.3, 0.4) is 0 Å². The van der Waals surface area contributed by atoms with Gasteiger partial charge < -0.3 is 15.7 Å². The molecule has 5 nitrogen and oxygen atoms in total. The first-order valence-electron chi connectivity index (χ1n) is 6.85. The van der Waals surface area contributed by atoms with E-state index in [0.717, 1.165) is 11.3 Å². The van der Waals surface area contributed by atoms with Crippen LogP contribution >= 0.6 is 0 Å². The molecule has 0 saturated carbocycles. The van der Waals surface area contributed by atoms with Crippen molar-refractivity contribution in [2.45, 2.75) is 38.1 Å². The molecule has 1 aliphatic heterocycles. The first-order valence-corrected chi connectivity index (χ1v) is 6.85. The fourth-order valence-electron chi connectivity index (χ4n) is 2.60. The van der Waals surface area contributed by atoms with Gasteiger partial charge in [-0.25, -0.2) is 0 Å². The molecule has 0 saturated heterocycles. The van der Waals surface area contributed by atoms with E-state index in [4.69, 9.17) is 10.8 Å². The predicted molar refractivity (Wildman–Crippen MR) is 76.7 cm³/mol. The molecule has 0 aromatic heterocycles. The van der Waals surface area contributed by atoms with Crippen LogP contribution in [0.4, 0.5) is 5.69 Å². The Morgan fingerprint density at radius 3 is 2.80 bits per heavy atom. The fraction of sp³-hybridized carbons (Fsp3) is 0.467. The van der Waals surface area contributed by atoms with E-state index >= 15 is 0 Å². The third-order valence-electron chi connectivity index (χ3n) is 3.61. The van der Waals surface area contributed by atoms with E-state index < -0.39 is 5.97 Å². The van der Waals surface area contributed by atoms with Gasteiger partial charge in [0.25, 0.3) is 0 Å². The van der Waals surface area contributed by atoms with E-state index in [-0.39, 0.29) is 24.3 Å². The lowest BCUT2D eigenvalue weighted by Gasteiger charge is -2.18. The van der Waals surface area contributed by atoms with Crippen LogP contribution in [0.1, 0.15) is 37.7 Å². The van der Waals surface area contributed by atoms with Gasteiger partial charge in [0.2, 0.25) is 5.91 Å². The van der Waals surface area contributed by atoms with Gasteiger partial charge in [-0.1, -0.05) is 18.2 Å². The van der Waals surface area contributed by atoms with Crippen molar-refractivity contribution < 1.29 is 14.7 Å². The Bertz CT molecular complexity index is 514. The first-order chi connectivity index (χ1) is 9.49. The van der Waals surface area contributed by atoms with Gasteiger partial charge in [0.1, 0.15) is 0 Å². The number of nitrogens with zero attached hydrogens (tertiary/aromatic N) is 1. The standard InChI is InChI=1S/C15H20N2O3/c1-10(16)6-7-14(18)17-9-11(8-15(19)20)12-4-2-3-5-13(12)17/h2-5,10-11H,6-9,16H2,1H3,(H,19,20). The van der Waals surface area contributed by atoms with Crippen LogP contribution < -0.4 is 10.6 Å². The smallest absolute Gasteiger partial charge is 0.304 e. The van der Waals surface area contributed by atoms with Gasteiger partial charge >= 0.3 is 5.97 Å². The number of amides is 1. The van der Waals surface area contributed by atoms with Crippen LogP contribution in [0.5, 0.6) is 0 Å². The maximum Gasteiger partial charge on any atom is 0.304 e. The number of carboxylic acids is 1. The zero-order chi connectivity index (χ0) is 14.7. The molecule has 0 fully saturated rings. The summed E-state index contributed by atoms with van der Waals surface area (Å²) in [6, 6.07) is 7.52. The SMILES string of the molecule is CC(N)CCC(=O)N1CC(CC(=O)O)c2ccccc21. The van der Waals surface area contributed by atoms with Crippen molar-refractivity contribution >= 4 is 17.6 Å². The minimum absolute atomic E-state index is 0.00777. The number of carboxylic acid groups (broad SMARTS) is 1. The number of para-hydroxylation sites is 1. The van der Waals surface area contributed by atoms with Gasteiger partial charge in [0.05, 0.1) is 6.42 Å². The van der Waals surface area contributed by atoms with Crippen molar-refractivity contribution in [2.24, 2.45) is 5.73 Å². The highest BCUT2D eigenvalue weighted by Gasteiger charge is 2.32. The van der Waals surface area contributed by atoms with Crippen LogP contribution in [0, 0.1) is 0 Å². The number of anilines is 1. The molecular formula is C15H20N2O3. The number of benzene rings is 1. The van der Waals surface area contributed by atoms with Crippen LogP contribution in [0.25, 0.3) is 0 Å². The summed E-state index contributed by atoms with van der Waals surface area (Å²) in [5.74, 6) is -0.944. The molecular weight excluding hydrogens is 256 g/mol. The van der Waals surface area contributed by atoms with Crippen molar-refractivity contribution in [3.8, 4) is 0 Å². The molecule has 1 aliphatic rings. The lowest BCUT2D eigenvalue weighted by molar-refractivity contribution is -0.137. The molecule has 20 heavy (non-hydrogen) atoms. The quantitative estimate of drug-likeness (QED) is 0.857. The average Bonchev–Trinajstić information content (AvgIpc) is 2.74. The molecule has 2 unspecified atom stereocenters. The zero-order valence-electron chi connectivity index (χ0n) is 11.6. The number of hydrogen-bond acceptors (Lipinski definition) is 3. The van der Waals surface area contributed by atoms with Gasteiger partial charge in [-0.2, -0.15) is 0 Å². The topological polar surface area (TPSA) is 83.6 Å². The summed E-state index contributed by atoms with van der Waals surface area (Å²) in [6.45, 7) is 2.32. The second-order valence-corrected chi connectivity index (χ2v) is 5.37. The highest BCUT2D eigenvalue weighted by atomic mass is 16.4. The van der Waals surface area contributed by atoms with Crippen LogP contribution in [0.15, 0.2) is 24.3 Å². The van der Waals surface area contributed by atoms with Crippen molar-refractivity contribution in [1.29, 1.82) is 0 Å². The number of hydrogen-bond donors (Lipinski definition) is 2. The molecule has 1 aromatic rings. The minimum Gasteiger partial charge on any atom is -0.481 e. The zero-order valence-corrected chi connectivity index (χ0v) is 11.6. The Kier molecular flexibility index (Phi) is 4.39. The van der Waals surface area contributed by atoms with Crippen molar-refractivity contribution in [2.75, 3.05) is 11.4 Å². The van der Waals surface area contributed by atoms with E-state index in [2.05, 4.69) is 0 Å². The number of aliphatic carboxylic acids is 1. The lowest BCUT2D eigenvalue weighted by Crippen LogP contribution is -2.31. The van der Waals surface area contributed by atoms with E-state index in [1.807, 2.05) is 31.2 Å². The molecule has 3 N–H and O–H groups in total. The number of nitrogens with two attached hydrogens (primary N) is 1. The van der Waals surface area contributed by atoms with Crippen LogP contribution in [0.2, 0.25) is 0 Å². The Morgan fingerprint density at radius 1 is 1.45 bits per heavy atom. The van der Waals surface area contributed by atoms with E-state index in [1.54, 1.807) is 4.90 Å². The molecule has 0 radical (unpaired) electrons. The highest BCUT2D eigenvalue weighted by molar-refractivity contribution is 5.96. The van der Waals surface area contributed by atoms with Crippen molar-refractivity contribution in [1.82, 2.24) is 0 Å². The van der Waals surface area contributed by atoms with Gasteiger partial charge in [-0.15, -0.1) is 0 Å². The first kappa shape index (κ1) is 14.5. The summed E-state index contributed by atoms with van der Waals surface area (Å²) in [5.41, 5.74) is 7.47. The Hall–Kier alpha value is -1.88. The molecule has 2 rings (SSSR count). The third kappa shape index (κ3) is 3.17. The largest absolute Gasteiger partial charge is 0.481 e. The molecule has 0 bridgehead atoms. The Morgan fingerprint density at radius 2 is 2.15 bits per heavy atom. The predicted octanol–water partition coefficient (Wildman–Crippen LogP) is 1.72. The average molecular weight is 276 g/mol. The molecule has 108 valence electrons. The second kappa shape index (κ2) is 6.05. The van der Waals surface area contributed by atoms with Crippen molar-refractivity contribution in [3.63, 3.8) is 0 Å². The van der Waals surface area contributed by atoms with Gasteiger partial charge in [0.15, 0.2) is 0 Å². The minimum atomic E-state index is -0.838. The molecule has 0 aliphatic carbocycles. The highest BCUT2D eigenvalue weighted by Crippen LogP contribution is 2.38. The molecule has 5 heteroatoms. The molecule has 1 amide bonds. The summed E-state index contributed by atoms with van der Waals surface area (Å²) in [6.07, 6.45) is 1.08. The summed E-state index contributed by atoms with van der Waals surface area (Å²) in [5, 5.41) is 8.98. The van der Waals surface area contributed by atoms with E-state index in [1.165, 1.54) is 0 Å². The maximum atomic E-state index is 12.3. The molecule has 1 aromatic carbocycles. The summed E-state index contributed by atoms with van der Waals surface area (Å²) in [7, 11) is 0. The molecule has 2 atom stereocenters. The van der Waals surface area contributed by atoms with E-state index in [9.17, 15) is 9.59 Å². The van der Waals surface area contributed by atoms with Gasteiger partial charge in [0, 0.05) is 30.6 Å². The Labute approximate surface area is 118 Å². The van der Waals surface area contributed by atoms with Crippen molar-refractivity contribution in [3.05, 3.63) is 29.8 Å². The maximum absolute atomic E-state index is 12.3. The van der Waals surface area contributed by atoms with E-state index in [0.29, 0.717) is 19.4 Å². The Balaban J connectivity index is 2.16. The monoisotopic (exact) mass is 276 g/mol. The number of carbonyl (C=O) groups excluding carboxylic acids is 1. The van der Waals surface area contributed by atoms with Crippen LogP contribution in [-0.2, 0) is 9.59 Å². The molecule has 0 spiro atoms. The van der Waals surface area contributed by atoms with Crippen LogP contribution in [-0.4, -0.2) is 29.6 Å². The van der Waals surface area contributed by atoms with Gasteiger partial charge in [-0.3, -0.25) is 9.59 Å². The second-order valence-electron chi connectivity index (χ2n) is 5.37. The number of rotatable bonds is 5. The lowest BCUT2D eigenvalue weighted by atomic mass is 9.98. The summed E-state index contributed by atoms with van der Waals surface area (Å²) >= 11 is 0. The summed E-state index contributed by atoms with van der Waals surface area (Å²) < 4.78 is 0. The molecule has 1 heterocycles. The van der Waals surface area contributed by atoms with Gasteiger partial charge in [-0.05, 0) is 25.0 Å². The summed E-state index contributed by atoms with van der Waals surface area (Å²) in [4.78, 5) is 24.9. The normalized spacial score (nSPS) is 18.7.